The second-order valence-corrected chi connectivity index (χ2v) is 8.94. The molecule has 1 aliphatic carbocycles. The summed E-state index contributed by atoms with van der Waals surface area (Å²) in [7, 11) is 0. The van der Waals surface area contributed by atoms with Crippen LogP contribution in [0.3, 0.4) is 0 Å². The van der Waals surface area contributed by atoms with Crippen molar-refractivity contribution in [1.82, 2.24) is 10.3 Å². The molecule has 2 aromatic carbocycles. The Balaban J connectivity index is 1.58. The van der Waals surface area contributed by atoms with E-state index in [2.05, 4.69) is 10.3 Å². The fourth-order valence-electron chi connectivity index (χ4n) is 4.84. The maximum absolute atomic E-state index is 13.8. The van der Waals surface area contributed by atoms with Crippen molar-refractivity contribution in [2.45, 2.75) is 63.8 Å². The summed E-state index contributed by atoms with van der Waals surface area (Å²) in [5.41, 5.74) is 0.370. The fraction of sp³-hybridized carbons (Fsp3) is 0.393. The molecule has 1 heterocycles. The molecule has 33 heavy (non-hydrogen) atoms. The van der Waals surface area contributed by atoms with Crippen molar-refractivity contribution in [2.75, 3.05) is 0 Å². The van der Waals surface area contributed by atoms with Gasteiger partial charge in [0.25, 0.3) is 5.89 Å². The molecular formula is C28H32N2O3. The summed E-state index contributed by atoms with van der Waals surface area (Å²) < 4.78 is 5.89. The van der Waals surface area contributed by atoms with Crippen LogP contribution in [0.5, 0.6) is 0 Å². The summed E-state index contributed by atoms with van der Waals surface area (Å²) in [6.07, 6.45) is 9.45. The van der Waals surface area contributed by atoms with Gasteiger partial charge in [-0.05, 0) is 24.3 Å². The number of carbonyl (C=O) groups is 2. The molecular weight excluding hydrogens is 412 g/mol. The van der Waals surface area contributed by atoms with Crippen LogP contribution < -0.4 is 5.32 Å². The number of hydrogen-bond acceptors (Lipinski definition) is 4. The second kappa shape index (κ2) is 10.6. The maximum Gasteiger partial charge on any atom is 0.266 e. The Morgan fingerprint density at radius 2 is 1.67 bits per heavy atom. The molecule has 172 valence electrons. The van der Waals surface area contributed by atoms with E-state index in [-0.39, 0.29) is 17.6 Å². The van der Waals surface area contributed by atoms with Crippen molar-refractivity contribution in [3.8, 4) is 11.3 Å². The molecule has 0 saturated heterocycles. The van der Waals surface area contributed by atoms with E-state index in [1.54, 1.807) is 6.20 Å². The van der Waals surface area contributed by atoms with Gasteiger partial charge in [-0.1, -0.05) is 99.7 Å². The smallest absolute Gasteiger partial charge is 0.266 e. The Bertz CT molecular complexity index is 1060. The summed E-state index contributed by atoms with van der Waals surface area (Å²) in [5, 5.41) is 3.09. The standard InChI is InChI=1S/C28H32N2O3/c1-2-28(23-16-10-5-11-17-23,30-25(31)19-18-21-12-6-3-7-13-21)26(32)27-29-20-24(33-27)22-14-8-4-9-15-22/h4-5,8-11,14-17,20-21H,2-3,6-7,12-13,18-19H2,1H3,(H,30,31). The minimum absolute atomic E-state index is 0.00661. The van der Waals surface area contributed by atoms with Crippen molar-refractivity contribution in [1.29, 1.82) is 0 Å². The zero-order valence-electron chi connectivity index (χ0n) is 19.3. The molecule has 1 N–H and O–H groups in total. The predicted molar refractivity (Wildman–Crippen MR) is 129 cm³/mol. The number of rotatable bonds is 9. The molecule has 5 heteroatoms. The van der Waals surface area contributed by atoms with Crippen LogP contribution in [0.1, 0.15) is 74.5 Å². The zero-order valence-corrected chi connectivity index (χ0v) is 19.3. The fourth-order valence-corrected chi connectivity index (χ4v) is 4.84. The molecule has 0 spiro atoms. The van der Waals surface area contributed by atoms with Gasteiger partial charge in [0.2, 0.25) is 11.7 Å². The van der Waals surface area contributed by atoms with Gasteiger partial charge in [0.15, 0.2) is 5.76 Å². The molecule has 1 fully saturated rings. The molecule has 5 nitrogen and oxygen atoms in total. The highest BCUT2D eigenvalue weighted by atomic mass is 16.4. The molecule has 0 bridgehead atoms. The van der Waals surface area contributed by atoms with Gasteiger partial charge in [-0.2, -0.15) is 0 Å². The van der Waals surface area contributed by atoms with Crippen molar-refractivity contribution in [3.05, 3.63) is 78.3 Å². The van der Waals surface area contributed by atoms with E-state index in [4.69, 9.17) is 4.42 Å². The average Bonchev–Trinajstić information content (AvgIpc) is 3.38. The first kappa shape index (κ1) is 23.0. The third-order valence-corrected chi connectivity index (χ3v) is 6.80. The van der Waals surface area contributed by atoms with Gasteiger partial charge >= 0.3 is 0 Å². The number of aromatic nitrogens is 1. The summed E-state index contributed by atoms with van der Waals surface area (Å²) in [6.45, 7) is 1.91. The Labute approximate surface area is 195 Å². The third-order valence-electron chi connectivity index (χ3n) is 6.80. The molecule has 1 aromatic heterocycles. The van der Waals surface area contributed by atoms with Gasteiger partial charge < -0.3 is 9.73 Å². The molecule has 1 amide bonds. The van der Waals surface area contributed by atoms with Crippen LogP contribution in [0.4, 0.5) is 0 Å². The molecule has 1 aliphatic rings. The number of carbonyl (C=O) groups excluding carboxylic acids is 2. The van der Waals surface area contributed by atoms with Gasteiger partial charge in [0.1, 0.15) is 5.54 Å². The average molecular weight is 445 g/mol. The lowest BCUT2D eigenvalue weighted by atomic mass is 9.82. The molecule has 1 saturated carbocycles. The topological polar surface area (TPSA) is 72.2 Å². The number of benzene rings is 2. The van der Waals surface area contributed by atoms with Crippen LogP contribution >= 0.6 is 0 Å². The number of ketones is 1. The second-order valence-electron chi connectivity index (χ2n) is 8.94. The van der Waals surface area contributed by atoms with E-state index in [1.807, 2.05) is 67.6 Å². The van der Waals surface area contributed by atoms with E-state index in [1.165, 1.54) is 32.1 Å². The van der Waals surface area contributed by atoms with Crippen molar-refractivity contribution in [3.63, 3.8) is 0 Å². The van der Waals surface area contributed by atoms with Crippen LogP contribution in [-0.2, 0) is 10.3 Å². The summed E-state index contributed by atoms with van der Waals surface area (Å²) in [6, 6.07) is 19.0. The molecule has 0 radical (unpaired) electrons. The van der Waals surface area contributed by atoms with E-state index in [0.29, 0.717) is 24.5 Å². The van der Waals surface area contributed by atoms with E-state index < -0.39 is 5.54 Å². The van der Waals surface area contributed by atoms with Gasteiger partial charge in [-0.3, -0.25) is 9.59 Å². The molecule has 1 unspecified atom stereocenters. The number of oxazole rings is 1. The van der Waals surface area contributed by atoms with Gasteiger partial charge in [0.05, 0.1) is 6.20 Å². The van der Waals surface area contributed by atoms with Crippen LogP contribution in [0.15, 0.2) is 71.3 Å². The Morgan fingerprint density at radius 3 is 2.33 bits per heavy atom. The van der Waals surface area contributed by atoms with Crippen molar-refractivity contribution < 1.29 is 14.0 Å². The first-order valence-electron chi connectivity index (χ1n) is 12.0. The lowest BCUT2D eigenvalue weighted by molar-refractivity contribution is -0.123. The van der Waals surface area contributed by atoms with E-state index in [9.17, 15) is 9.59 Å². The predicted octanol–water partition coefficient (Wildman–Crippen LogP) is 6.31. The van der Waals surface area contributed by atoms with E-state index >= 15 is 0 Å². The van der Waals surface area contributed by atoms with E-state index in [0.717, 1.165) is 17.5 Å². The number of hydrogen-bond donors (Lipinski definition) is 1. The highest BCUT2D eigenvalue weighted by molar-refractivity contribution is 6.02. The van der Waals surface area contributed by atoms with Crippen molar-refractivity contribution in [2.24, 2.45) is 5.92 Å². The SMILES string of the molecule is CCC(NC(=O)CCC1CCCCC1)(C(=O)c1ncc(-c2ccccc2)o1)c1ccccc1. The summed E-state index contributed by atoms with van der Waals surface area (Å²) in [5.74, 6) is 0.708. The lowest BCUT2D eigenvalue weighted by Gasteiger charge is -2.32. The number of nitrogens with zero attached hydrogens (tertiary/aromatic N) is 1. The Kier molecular flexibility index (Phi) is 7.38. The minimum atomic E-state index is -1.22. The highest BCUT2D eigenvalue weighted by Gasteiger charge is 2.43. The van der Waals surface area contributed by atoms with Crippen LogP contribution in [-0.4, -0.2) is 16.7 Å². The molecule has 3 aromatic rings. The summed E-state index contributed by atoms with van der Waals surface area (Å²) >= 11 is 0. The first-order chi connectivity index (χ1) is 16.1. The number of Topliss-reactive ketones (excluding diaryl/α,β-unsaturated/α-hetero) is 1. The third kappa shape index (κ3) is 5.24. The van der Waals surface area contributed by atoms with Gasteiger partial charge in [0, 0.05) is 12.0 Å². The van der Waals surface area contributed by atoms with Crippen LogP contribution in [0, 0.1) is 5.92 Å². The Hall–Kier alpha value is -3.21. The molecule has 4 rings (SSSR count). The highest BCUT2D eigenvalue weighted by Crippen LogP contribution is 2.32. The van der Waals surface area contributed by atoms with Gasteiger partial charge in [-0.25, -0.2) is 4.98 Å². The van der Waals surface area contributed by atoms with Gasteiger partial charge in [-0.15, -0.1) is 0 Å². The van der Waals surface area contributed by atoms with Crippen LogP contribution in [0.2, 0.25) is 0 Å². The first-order valence-corrected chi connectivity index (χ1v) is 12.0. The lowest BCUT2D eigenvalue weighted by Crippen LogP contribution is -2.51. The van der Waals surface area contributed by atoms with Crippen LogP contribution in [0.25, 0.3) is 11.3 Å². The molecule has 1 atom stereocenters. The normalized spacial score (nSPS) is 16.2. The van der Waals surface area contributed by atoms with Crippen molar-refractivity contribution >= 4 is 11.7 Å². The number of amides is 1. The largest absolute Gasteiger partial charge is 0.434 e. The minimum Gasteiger partial charge on any atom is -0.434 e. The molecule has 0 aliphatic heterocycles. The zero-order chi connectivity index (χ0) is 23.1. The number of nitrogens with one attached hydrogen (secondary N) is 1. The summed E-state index contributed by atoms with van der Waals surface area (Å²) in [4.78, 5) is 31.2. The maximum atomic E-state index is 13.8. The quantitative estimate of drug-likeness (QED) is 0.393. The Morgan fingerprint density at radius 1 is 1.00 bits per heavy atom. The monoisotopic (exact) mass is 444 g/mol.